The predicted molar refractivity (Wildman–Crippen MR) is 111 cm³/mol. The van der Waals surface area contributed by atoms with E-state index in [-0.39, 0.29) is 23.3 Å². The maximum atomic E-state index is 12.7. The SMILES string of the molecule is CCC(=O)Nc1ccc(S(=O)(=O)Nc2ccc3c(c2)CCN3C(=O)COC)cc1. The van der Waals surface area contributed by atoms with Crippen LogP contribution in [0.4, 0.5) is 17.1 Å². The molecule has 1 aliphatic rings. The summed E-state index contributed by atoms with van der Waals surface area (Å²) in [6.07, 6.45) is 0.987. The average Bonchev–Trinajstić information content (AvgIpc) is 3.11. The molecular formula is C20H23N3O5S. The van der Waals surface area contributed by atoms with Crippen LogP contribution in [0.25, 0.3) is 0 Å². The van der Waals surface area contributed by atoms with Gasteiger partial charge < -0.3 is 15.0 Å². The number of carbonyl (C=O) groups excluding carboxylic acids is 2. The third-order valence-corrected chi connectivity index (χ3v) is 5.96. The summed E-state index contributed by atoms with van der Waals surface area (Å²) in [4.78, 5) is 25.2. The van der Waals surface area contributed by atoms with Gasteiger partial charge in [0.1, 0.15) is 6.61 Å². The Hall–Kier alpha value is -2.91. The zero-order valence-electron chi connectivity index (χ0n) is 16.3. The van der Waals surface area contributed by atoms with Crippen LogP contribution >= 0.6 is 0 Å². The first-order valence-electron chi connectivity index (χ1n) is 9.19. The van der Waals surface area contributed by atoms with E-state index in [2.05, 4.69) is 10.0 Å². The first-order chi connectivity index (χ1) is 13.8. The number of hydrogen-bond donors (Lipinski definition) is 2. The third kappa shape index (κ3) is 4.75. The Balaban J connectivity index is 1.74. The topological polar surface area (TPSA) is 105 Å². The molecule has 9 heteroatoms. The zero-order valence-corrected chi connectivity index (χ0v) is 17.1. The number of anilines is 3. The van der Waals surface area contributed by atoms with Gasteiger partial charge in [0.05, 0.1) is 4.90 Å². The predicted octanol–water partition coefficient (Wildman–Crippen LogP) is 2.37. The van der Waals surface area contributed by atoms with Crippen molar-refractivity contribution in [1.29, 1.82) is 0 Å². The fourth-order valence-corrected chi connectivity index (χ4v) is 4.16. The van der Waals surface area contributed by atoms with Crippen molar-refractivity contribution < 1.29 is 22.7 Å². The van der Waals surface area contributed by atoms with E-state index in [1.165, 1.54) is 19.2 Å². The van der Waals surface area contributed by atoms with Crippen LogP contribution in [0.5, 0.6) is 0 Å². The number of methoxy groups -OCH3 is 1. The highest BCUT2D eigenvalue weighted by atomic mass is 32.2. The molecule has 0 atom stereocenters. The van der Waals surface area contributed by atoms with E-state index in [0.29, 0.717) is 30.8 Å². The number of rotatable bonds is 7. The lowest BCUT2D eigenvalue weighted by atomic mass is 10.1. The maximum Gasteiger partial charge on any atom is 0.261 e. The van der Waals surface area contributed by atoms with Crippen LogP contribution in [0.15, 0.2) is 47.4 Å². The summed E-state index contributed by atoms with van der Waals surface area (Å²) in [6.45, 7) is 2.28. The second-order valence-electron chi connectivity index (χ2n) is 6.60. The molecule has 1 aliphatic heterocycles. The summed E-state index contributed by atoms with van der Waals surface area (Å²) in [7, 11) is -2.31. The highest BCUT2D eigenvalue weighted by Crippen LogP contribution is 2.31. The molecule has 1 heterocycles. The van der Waals surface area contributed by atoms with Crippen LogP contribution in [0.2, 0.25) is 0 Å². The fourth-order valence-electron chi connectivity index (χ4n) is 3.11. The largest absolute Gasteiger partial charge is 0.375 e. The zero-order chi connectivity index (χ0) is 21.0. The Morgan fingerprint density at radius 2 is 1.79 bits per heavy atom. The van der Waals surface area contributed by atoms with Gasteiger partial charge in [0.15, 0.2) is 0 Å². The van der Waals surface area contributed by atoms with Gasteiger partial charge in [-0.1, -0.05) is 6.92 Å². The molecule has 3 rings (SSSR count). The molecule has 2 aromatic rings. The first kappa shape index (κ1) is 20.8. The van der Waals surface area contributed by atoms with E-state index in [0.717, 1.165) is 11.3 Å². The van der Waals surface area contributed by atoms with Crippen LogP contribution in [0.1, 0.15) is 18.9 Å². The quantitative estimate of drug-likeness (QED) is 0.720. The lowest BCUT2D eigenvalue weighted by molar-refractivity contribution is -0.122. The first-order valence-corrected chi connectivity index (χ1v) is 10.7. The number of hydrogen-bond acceptors (Lipinski definition) is 5. The molecule has 8 nitrogen and oxygen atoms in total. The number of carbonyl (C=O) groups is 2. The van der Waals surface area contributed by atoms with E-state index < -0.39 is 10.0 Å². The van der Waals surface area contributed by atoms with Gasteiger partial charge in [0.25, 0.3) is 15.9 Å². The number of benzene rings is 2. The Morgan fingerprint density at radius 3 is 2.45 bits per heavy atom. The molecule has 0 saturated heterocycles. The third-order valence-electron chi connectivity index (χ3n) is 4.57. The molecule has 0 spiro atoms. The summed E-state index contributed by atoms with van der Waals surface area (Å²) in [5.41, 5.74) is 2.63. The number of ether oxygens (including phenoxy) is 1. The number of fused-ring (bicyclic) bond motifs is 1. The van der Waals surface area contributed by atoms with Crippen LogP contribution in [-0.2, 0) is 30.8 Å². The molecule has 0 aliphatic carbocycles. The van der Waals surface area contributed by atoms with Crippen molar-refractivity contribution in [3.8, 4) is 0 Å². The van der Waals surface area contributed by atoms with E-state index in [4.69, 9.17) is 4.74 Å². The van der Waals surface area contributed by atoms with Crippen molar-refractivity contribution in [3.63, 3.8) is 0 Å². The van der Waals surface area contributed by atoms with Crippen molar-refractivity contribution in [2.45, 2.75) is 24.7 Å². The number of nitrogens with zero attached hydrogens (tertiary/aromatic N) is 1. The highest BCUT2D eigenvalue weighted by molar-refractivity contribution is 7.92. The van der Waals surface area contributed by atoms with Crippen molar-refractivity contribution in [1.82, 2.24) is 0 Å². The van der Waals surface area contributed by atoms with Crippen LogP contribution < -0.4 is 14.9 Å². The molecule has 0 saturated carbocycles. The molecular weight excluding hydrogens is 394 g/mol. The number of amides is 2. The molecule has 0 fully saturated rings. The van der Waals surface area contributed by atoms with Gasteiger partial charge in [-0.05, 0) is 54.4 Å². The normalized spacial score (nSPS) is 13.1. The Kier molecular flexibility index (Phi) is 6.19. The van der Waals surface area contributed by atoms with Gasteiger partial charge in [-0.15, -0.1) is 0 Å². The summed E-state index contributed by atoms with van der Waals surface area (Å²) in [5.74, 6) is -0.273. The van der Waals surface area contributed by atoms with Crippen LogP contribution in [-0.4, -0.2) is 40.5 Å². The Bertz CT molecular complexity index is 1020. The minimum absolute atomic E-state index is 0.00251. The molecule has 29 heavy (non-hydrogen) atoms. The van der Waals surface area contributed by atoms with E-state index in [1.807, 2.05) is 0 Å². The molecule has 2 N–H and O–H groups in total. The van der Waals surface area contributed by atoms with Crippen molar-refractivity contribution >= 4 is 38.9 Å². The second-order valence-corrected chi connectivity index (χ2v) is 8.29. The molecule has 0 aromatic heterocycles. The fraction of sp³-hybridized carbons (Fsp3) is 0.300. The van der Waals surface area contributed by atoms with Gasteiger partial charge in [-0.25, -0.2) is 8.42 Å². The van der Waals surface area contributed by atoms with Gasteiger partial charge in [-0.3, -0.25) is 14.3 Å². The molecule has 2 aromatic carbocycles. The lowest BCUT2D eigenvalue weighted by Crippen LogP contribution is -2.31. The average molecular weight is 417 g/mol. The Morgan fingerprint density at radius 1 is 1.10 bits per heavy atom. The summed E-state index contributed by atoms with van der Waals surface area (Å²) < 4.78 is 32.8. The summed E-state index contributed by atoms with van der Waals surface area (Å²) in [6, 6.07) is 11.1. The monoisotopic (exact) mass is 417 g/mol. The van der Waals surface area contributed by atoms with Gasteiger partial charge in [0, 0.05) is 37.1 Å². The molecule has 2 amide bonds. The number of sulfonamides is 1. The van der Waals surface area contributed by atoms with E-state index in [1.54, 1.807) is 42.2 Å². The maximum absolute atomic E-state index is 12.7. The van der Waals surface area contributed by atoms with Crippen LogP contribution in [0.3, 0.4) is 0 Å². The van der Waals surface area contributed by atoms with Crippen molar-refractivity contribution in [2.24, 2.45) is 0 Å². The minimum Gasteiger partial charge on any atom is -0.375 e. The standard InChI is InChI=1S/C20H23N3O5S/c1-3-19(24)21-15-4-7-17(8-5-15)29(26,27)22-16-6-9-18-14(12-16)10-11-23(18)20(25)13-28-2/h4-9,12,22H,3,10-11,13H2,1-2H3,(H,21,24). The lowest BCUT2D eigenvalue weighted by Gasteiger charge is -2.17. The molecule has 0 unspecified atom stereocenters. The van der Waals surface area contributed by atoms with Gasteiger partial charge >= 0.3 is 0 Å². The molecule has 0 bridgehead atoms. The van der Waals surface area contributed by atoms with Gasteiger partial charge in [0.2, 0.25) is 5.91 Å². The molecule has 154 valence electrons. The summed E-state index contributed by atoms with van der Waals surface area (Å²) >= 11 is 0. The smallest absolute Gasteiger partial charge is 0.261 e. The van der Waals surface area contributed by atoms with Crippen molar-refractivity contribution in [2.75, 3.05) is 35.2 Å². The van der Waals surface area contributed by atoms with Crippen molar-refractivity contribution in [3.05, 3.63) is 48.0 Å². The Labute approximate surface area is 169 Å². The van der Waals surface area contributed by atoms with Gasteiger partial charge in [-0.2, -0.15) is 0 Å². The van der Waals surface area contributed by atoms with Crippen LogP contribution in [0, 0.1) is 0 Å². The summed E-state index contributed by atoms with van der Waals surface area (Å²) in [5, 5.41) is 2.68. The van der Waals surface area contributed by atoms with E-state index >= 15 is 0 Å². The minimum atomic E-state index is -3.78. The number of nitrogens with one attached hydrogen (secondary N) is 2. The van der Waals surface area contributed by atoms with E-state index in [9.17, 15) is 18.0 Å². The molecule has 0 radical (unpaired) electrons. The highest BCUT2D eigenvalue weighted by Gasteiger charge is 2.25. The second kappa shape index (κ2) is 8.62.